The molecule has 1 aliphatic heterocycles. The van der Waals surface area contributed by atoms with Crippen molar-refractivity contribution in [1.29, 1.82) is 0 Å². The molecular weight excluding hydrogens is 494 g/mol. The number of aliphatic carboxylic acids is 1. The molecule has 1 amide bonds. The van der Waals surface area contributed by atoms with Crippen molar-refractivity contribution in [2.75, 3.05) is 11.9 Å². The minimum atomic E-state index is -0.920. The average Bonchev–Trinajstić information content (AvgIpc) is 2.90. The summed E-state index contributed by atoms with van der Waals surface area (Å²) in [5.74, 6) is -0.388. The van der Waals surface area contributed by atoms with Gasteiger partial charge in [0.05, 0.1) is 23.2 Å². The van der Waals surface area contributed by atoms with E-state index < -0.39 is 11.9 Å². The van der Waals surface area contributed by atoms with Crippen LogP contribution in [0.3, 0.4) is 0 Å². The number of rotatable bonds is 6. The van der Waals surface area contributed by atoms with Gasteiger partial charge in [-0.05, 0) is 55.8 Å². The molecular formula is C28H22ClN3O5. The maximum Gasteiger partial charge on any atom is 0.311 e. The van der Waals surface area contributed by atoms with E-state index in [1.807, 2.05) is 31.2 Å². The van der Waals surface area contributed by atoms with Gasteiger partial charge in [0.1, 0.15) is 17.2 Å². The monoisotopic (exact) mass is 515 g/mol. The van der Waals surface area contributed by atoms with Crippen molar-refractivity contribution in [2.45, 2.75) is 19.3 Å². The summed E-state index contributed by atoms with van der Waals surface area (Å²) in [4.78, 5) is 24.2. The molecule has 186 valence electrons. The van der Waals surface area contributed by atoms with Crippen LogP contribution < -0.4 is 14.8 Å². The lowest BCUT2D eigenvalue weighted by Crippen LogP contribution is -2.20. The lowest BCUT2D eigenvalue weighted by molar-refractivity contribution is -0.139. The number of hydrogen-bond acceptors (Lipinski definition) is 6. The number of nitrogens with zero attached hydrogens (tertiary/aromatic N) is 2. The Hall–Kier alpha value is -4.43. The fourth-order valence-electron chi connectivity index (χ4n) is 3.99. The third kappa shape index (κ3) is 5.39. The zero-order valence-corrected chi connectivity index (χ0v) is 20.5. The van der Waals surface area contributed by atoms with E-state index in [1.54, 1.807) is 48.5 Å². The van der Waals surface area contributed by atoms with Gasteiger partial charge in [0.25, 0.3) is 5.91 Å². The Morgan fingerprint density at radius 3 is 2.46 bits per heavy atom. The normalized spacial score (nSPS) is 14.3. The third-order valence-corrected chi connectivity index (χ3v) is 6.30. The molecule has 9 heteroatoms. The first-order valence-electron chi connectivity index (χ1n) is 11.6. The van der Waals surface area contributed by atoms with Crippen LogP contribution in [0.2, 0.25) is 5.02 Å². The van der Waals surface area contributed by atoms with Crippen molar-refractivity contribution in [2.24, 2.45) is 0 Å². The summed E-state index contributed by atoms with van der Waals surface area (Å²) >= 11 is 6.36. The summed E-state index contributed by atoms with van der Waals surface area (Å²) in [5, 5.41) is 20.8. The molecule has 0 aliphatic carbocycles. The number of ether oxygens (including phenoxy) is 2. The molecule has 2 N–H and O–H groups in total. The van der Waals surface area contributed by atoms with Crippen LogP contribution in [0.4, 0.5) is 5.82 Å². The first-order chi connectivity index (χ1) is 17.9. The zero-order valence-electron chi connectivity index (χ0n) is 19.8. The predicted molar refractivity (Wildman–Crippen MR) is 139 cm³/mol. The third-order valence-electron chi connectivity index (χ3n) is 6.00. The second kappa shape index (κ2) is 10.3. The minimum absolute atomic E-state index is 0.268. The number of carbonyl (C=O) groups excluding carboxylic acids is 1. The van der Waals surface area contributed by atoms with Crippen LogP contribution in [0.1, 0.15) is 33.8 Å². The Labute approximate surface area is 217 Å². The molecule has 0 fully saturated rings. The Balaban J connectivity index is 1.25. The van der Waals surface area contributed by atoms with E-state index in [9.17, 15) is 14.7 Å². The largest absolute Gasteiger partial charge is 0.493 e. The van der Waals surface area contributed by atoms with Gasteiger partial charge in [0.2, 0.25) is 0 Å². The molecule has 0 spiro atoms. The molecule has 3 aromatic carbocycles. The molecule has 37 heavy (non-hydrogen) atoms. The highest BCUT2D eigenvalue weighted by Crippen LogP contribution is 2.41. The smallest absolute Gasteiger partial charge is 0.311 e. The zero-order chi connectivity index (χ0) is 25.9. The molecule has 1 aliphatic rings. The van der Waals surface area contributed by atoms with Crippen LogP contribution in [0.25, 0.3) is 11.3 Å². The van der Waals surface area contributed by atoms with Gasteiger partial charge >= 0.3 is 5.97 Å². The summed E-state index contributed by atoms with van der Waals surface area (Å²) in [6, 6.07) is 21.1. The number of anilines is 1. The van der Waals surface area contributed by atoms with Gasteiger partial charge in [-0.3, -0.25) is 9.59 Å². The molecule has 4 aromatic rings. The van der Waals surface area contributed by atoms with E-state index in [-0.39, 0.29) is 10.9 Å². The van der Waals surface area contributed by atoms with Crippen molar-refractivity contribution in [1.82, 2.24) is 10.2 Å². The minimum Gasteiger partial charge on any atom is -0.493 e. The number of aromatic nitrogens is 2. The molecule has 2 heterocycles. The van der Waals surface area contributed by atoms with Gasteiger partial charge in [-0.15, -0.1) is 10.2 Å². The molecule has 0 bridgehead atoms. The van der Waals surface area contributed by atoms with Crippen molar-refractivity contribution < 1.29 is 24.2 Å². The van der Waals surface area contributed by atoms with Gasteiger partial charge in [0, 0.05) is 22.8 Å². The standard InChI is InChI=1S/C28H22ClN3O5/c1-16-2-4-17(5-3-16)23-10-11-26(32-31-23)30-27(33)18-6-8-19(9-7-18)37-25-15-24-21(14-22(25)29)20(28(34)35)12-13-36-24/h2-11,14-15,20H,12-13H2,1H3,(H,34,35)(H,30,32,33). The maximum absolute atomic E-state index is 12.7. The number of carboxylic acid groups (broad SMARTS) is 1. The molecule has 8 nitrogen and oxygen atoms in total. The number of aryl methyl sites for hydroxylation is 1. The Bertz CT molecular complexity index is 1460. The van der Waals surface area contributed by atoms with Crippen LogP contribution in [0.5, 0.6) is 17.2 Å². The summed E-state index contributed by atoms with van der Waals surface area (Å²) in [6.45, 7) is 2.32. The molecule has 1 aromatic heterocycles. The van der Waals surface area contributed by atoms with Crippen molar-refractivity contribution in [3.63, 3.8) is 0 Å². The second-order valence-electron chi connectivity index (χ2n) is 8.60. The number of amides is 1. The summed E-state index contributed by atoms with van der Waals surface area (Å²) in [5.41, 5.74) is 3.74. The second-order valence-corrected chi connectivity index (χ2v) is 9.01. The number of fused-ring (bicyclic) bond motifs is 1. The van der Waals surface area contributed by atoms with Gasteiger partial charge in [-0.2, -0.15) is 0 Å². The Morgan fingerprint density at radius 2 is 1.78 bits per heavy atom. The molecule has 1 atom stereocenters. The summed E-state index contributed by atoms with van der Waals surface area (Å²) < 4.78 is 11.5. The van der Waals surface area contributed by atoms with Gasteiger partial charge < -0.3 is 19.9 Å². The first-order valence-corrected chi connectivity index (χ1v) is 11.9. The fourth-order valence-corrected chi connectivity index (χ4v) is 4.20. The maximum atomic E-state index is 12.7. The van der Waals surface area contributed by atoms with E-state index >= 15 is 0 Å². The van der Waals surface area contributed by atoms with Crippen LogP contribution in [-0.4, -0.2) is 33.8 Å². The van der Waals surface area contributed by atoms with Gasteiger partial charge in [0.15, 0.2) is 5.82 Å². The van der Waals surface area contributed by atoms with E-state index in [2.05, 4.69) is 15.5 Å². The highest BCUT2D eigenvalue weighted by Gasteiger charge is 2.29. The van der Waals surface area contributed by atoms with Crippen LogP contribution in [0.15, 0.2) is 72.8 Å². The van der Waals surface area contributed by atoms with Crippen molar-refractivity contribution in [3.05, 3.63) is 94.5 Å². The quantitative estimate of drug-likeness (QED) is 0.319. The Kier molecular flexibility index (Phi) is 6.74. The van der Waals surface area contributed by atoms with E-state index in [4.69, 9.17) is 21.1 Å². The fraction of sp³-hybridized carbons (Fsp3) is 0.143. The summed E-state index contributed by atoms with van der Waals surface area (Å²) in [6.07, 6.45) is 0.380. The SMILES string of the molecule is Cc1ccc(-c2ccc(NC(=O)c3ccc(Oc4cc5c(cc4Cl)C(C(=O)O)CCO5)cc3)nn2)cc1. The van der Waals surface area contributed by atoms with E-state index in [0.29, 0.717) is 52.9 Å². The lowest BCUT2D eigenvalue weighted by Gasteiger charge is -2.24. The van der Waals surface area contributed by atoms with E-state index in [0.717, 1.165) is 11.1 Å². The summed E-state index contributed by atoms with van der Waals surface area (Å²) in [7, 11) is 0. The van der Waals surface area contributed by atoms with Gasteiger partial charge in [-0.25, -0.2) is 0 Å². The highest BCUT2D eigenvalue weighted by molar-refractivity contribution is 6.32. The molecule has 0 saturated heterocycles. The number of halogens is 1. The van der Waals surface area contributed by atoms with E-state index in [1.165, 1.54) is 0 Å². The average molecular weight is 516 g/mol. The van der Waals surface area contributed by atoms with Crippen LogP contribution >= 0.6 is 11.6 Å². The van der Waals surface area contributed by atoms with Gasteiger partial charge in [-0.1, -0.05) is 41.4 Å². The van der Waals surface area contributed by atoms with Crippen LogP contribution in [-0.2, 0) is 4.79 Å². The topological polar surface area (TPSA) is 111 Å². The number of hydrogen-bond donors (Lipinski definition) is 2. The predicted octanol–water partition coefficient (Wildman–Crippen LogP) is 6.10. The lowest BCUT2D eigenvalue weighted by atomic mass is 9.93. The number of nitrogens with one attached hydrogen (secondary N) is 1. The number of carbonyl (C=O) groups is 2. The highest BCUT2D eigenvalue weighted by atomic mass is 35.5. The van der Waals surface area contributed by atoms with Crippen LogP contribution in [0, 0.1) is 6.92 Å². The number of carboxylic acids is 1. The van der Waals surface area contributed by atoms with Crippen molar-refractivity contribution >= 4 is 29.3 Å². The molecule has 1 unspecified atom stereocenters. The Morgan fingerprint density at radius 1 is 1.03 bits per heavy atom. The molecule has 0 radical (unpaired) electrons. The molecule has 0 saturated carbocycles. The number of benzene rings is 3. The molecule has 5 rings (SSSR count). The van der Waals surface area contributed by atoms with Crippen molar-refractivity contribution in [3.8, 4) is 28.5 Å². The first kappa shape index (κ1) is 24.3.